The summed E-state index contributed by atoms with van der Waals surface area (Å²) in [5, 5.41) is 0.794. The topological polar surface area (TPSA) is 9.23 Å². The largest absolute Gasteiger partial charge is 0.388 e. The molecule has 0 bridgehead atoms. The lowest BCUT2D eigenvalue weighted by Crippen LogP contribution is -1.55. The Bertz CT molecular complexity index is 151. The molecule has 10 heavy (non-hydrogen) atoms. The molecule has 0 aliphatic heterocycles. The molecule has 0 aromatic heterocycles. The van der Waals surface area contributed by atoms with Crippen LogP contribution >= 0.6 is 11.6 Å². The fourth-order valence-electron chi connectivity index (χ4n) is 0.415. The van der Waals surface area contributed by atoms with Crippen molar-refractivity contribution in [3.8, 4) is 0 Å². The molecular weight excluding hydrogens is 148 g/mol. The quantitative estimate of drug-likeness (QED) is 0.564. The first-order valence-electron chi connectivity index (χ1n) is 2.92. The van der Waals surface area contributed by atoms with Crippen molar-refractivity contribution >= 4 is 11.6 Å². The van der Waals surface area contributed by atoms with Crippen molar-refractivity contribution in [3.05, 3.63) is 35.4 Å². The summed E-state index contributed by atoms with van der Waals surface area (Å²) >= 11 is 5.54. The van der Waals surface area contributed by atoms with E-state index in [1.807, 2.05) is 30.3 Å². The molecule has 0 unspecified atom stereocenters. The fourth-order valence-corrected chi connectivity index (χ4v) is 0.560. The lowest BCUT2D eigenvalue weighted by atomic mass is 10.4. The summed E-state index contributed by atoms with van der Waals surface area (Å²) in [7, 11) is 3.25. The van der Waals surface area contributed by atoms with Gasteiger partial charge in [-0.05, 0) is 12.1 Å². The fraction of sp³-hybridized carbons (Fsp3) is 0.250. The number of benzene rings is 1. The molecule has 2 heteroatoms. The van der Waals surface area contributed by atoms with Crippen molar-refractivity contribution in [1.29, 1.82) is 0 Å². The molecule has 1 aromatic carbocycles. The van der Waals surface area contributed by atoms with E-state index in [0.29, 0.717) is 0 Å². The van der Waals surface area contributed by atoms with E-state index in [1.54, 1.807) is 14.2 Å². The molecule has 0 saturated heterocycles. The van der Waals surface area contributed by atoms with E-state index < -0.39 is 0 Å². The second kappa shape index (κ2) is 6.59. The van der Waals surface area contributed by atoms with Crippen molar-refractivity contribution in [1.82, 2.24) is 0 Å². The maximum absolute atomic E-state index is 5.54. The van der Waals surface area contributed by atoms with E-state index in [4.69, 9.17) is 11.6 Å². The highest BCUT2D eigenvalue weighted by atomic mass is 35.5. The summed E-state index contributed by atoms with van der Waals surface area (Å²) < 4.78 is 4.25. The number of hydrogen-bond donors (Lipinski definition) is 0. The molecule has 0 aliphatic rings. The van der Waals surface area contributed by atoms with E-state index in [0.717, 1.165) is 5.02 Å². The van der Waals surface area contributed by atoms with Gasteiger partial charge in [0.15, 0.2) is 0 Å². The number of halogens is 1. The predicted octanol–water partition coefficient (Wildman–Crippen LogP) is 2.60. The van der Waals surface area contributed by atoms with Crippen LogP contribution < -0.4 is 0 Å². The summed E-state index contributed by atoms with van der Waals surface area (Å²) in [5.74, 6) is 0. The van der Waals surface area contributed by atoms with Crippen molar-refractivity contribution in [3.63, 3.8) is 0 Å². The molecule has 0 fully saturated rings. The van der Waals surface area contributed by atoms with Gasteiger partial charge in [-0.3, -0.25) is 0 Å². The maximum Gasteiger partial charge on any atom is 0.0405 e. The highest BCUT2D eigenvalue weighted by Crippen LogP contribution is 2.03. The molecule has 0 radical (unpaired) electrons. The minimum Gasteiger partial charge on any atom is -0.388 e. The summed E-state index contributed by atoms with van der Waals surface area (Å²) in [6, 6.07) is 9.44. The van der Waals surface area contributed by atoms with Gasteiger partial charge in [-0.15, -0.1) is 0 Å². The van der Waals surface area contributed by atoms with Crippen molar-refractivity contribution in [2.24, 2.45) is 0 Å². The van der Waals surface area contributed by atoms with Crippen LogP contribution in [-0.4, -0.2) is 14.2 Å². The highest BCUT2D eigenvalue weighted by Gasteiger charge is 1.74. The number of methoxy groups -OCH3 is 1. The van der Waals surface area contributed by atoms with E-state index in [-0.39, 0.29) is 0 Å². The Morgan fingerprint density at radius 1 is 1.10 bits per heavy atom. The third-order valence-corrected chi connectivity index (χ3v) is 0.985. The van der Waals surface area contributed by atoms with Crippen LogP contribution in [0.4, 0.5) is 0 Å². The molecule has 0 N–H and O–H groups in total. The van der Waals surface area contributed by atoms with Crippen LogP contribution in [0.15, 0.2) is 30.3 Å². The highest BCUT2D eigenvalue weighted by molar-refractivity contribution is 6.30. The Balaban J connectivity index is 0.000000236. The van der Waals surface area contributed by atoms with Crippen molar-refractivity contribution in [2.75, 3.05) is 14.2 Å². The second-order valence-corrected chi connectivity index (χ2v) is 2.14. The van der Waals surface area contributed by atoms with Gasteiger partial charge in [-0.2, -0.15) is 0 Å². The normalized spacial score (nSPS) is 7.90. The third kappa shape index (κ3) is 5.60. The first-order chi connectivity index (χ1) is 4.81. The number of hydrogen-bond acceptors (Lipinski definition) is 1. The predicted molar refractivity (Wildman–Crippen MR) is 44.4 cm³/mol. The zero-order chi connectivity index (χ0) is 7.82. The summed E-state index contributed by atoms with van der Waals surface area (Å²) in [6.07, 6.45) is 0. The average Bonchev–Trinajstić information content (AvgIpc) is 1.91. The Morgan fingerprint density at radius 2 is 1.50 bits per heavy atom. The van der Waals surface area contributed by atoms with Crippen LogP contribution in [0.3, 0.4) is 0 Å². The number of rotatable bonds is 0. The third-order valence-electron chi connectivity index (χ3n) is 0.733. The second-order valence-electron chi connectivity index (χ2n) is 1.70. The smallest absolute Gasteiger partial charge is 0.0405 e. The Hall–Kier alpha value is -0.530. The van der Waals surface area contributed by atoms with Crippen molar-refractivity contribution in [2.45, 2.75) is 0 Å². The Kier molecular flexibility index (Phi) is 6.24. The van der Waals surface area contributed by atoms with Crippen LogP contribution in [0.1, 0.15) is 0 Å². The molecule has 1 aromatic rings. The van der Waals surface area contributed by atoms with Gasteiger partial charge in [0, 0.05) is 19.2 Å². The summed E-state index contributed by atoms with van der Waals surface area (Å²) in [6.45, 7) is 0. The Labute approximate surface area is 66.6 Å². The Morgan fingerprint density at radius 3 is 1.70 bits per heavy atom. The SMILES string of the molecule is COC.Clc1ccccc1. The molecule has 0 atom stereocenters. The van der Waals surface area contributed by atoms with Gasteiger partial charge in [0.05, 0.1) is 0 Å². The molecule has 0 amide bonds. The maximum atomic E-state index is 5.54. The zero-order valence-corrected chi connectivity index (χ0v) is 6.93. The van der Waals surface area contributed by atoms with Crippen LogP contribution in [0.2, 0.25) is 5.02 Å². The first kappa shape index (κ1) is 9.47. The van der Waals surface area contributed by atoms with E-state index in [2.05, 4.69) is 4.74 Å². The van der Waals surface area contributed by atoms with E-state index in [9.17, 15) is 0 Å². The van der Waals surface area contributed by atoms with Gasteiger partial charge in [-0.25, -0.2) is 0 Å². The molecule has 1 nitrogen and oxygen atoms in total. The first-order valence-corrected chi connectivity index (χ1v) is 3.29. The lowest BCUT2D eigenvalue weighted by Gasteiger charge is -1.80. The molecule has 0 heterocycles. The van der Waals surface area contributed by atoms with Crippen LogP contribution in [0, 0.1) is 0 Å². The van der Waals surface area contributed by atoms with E-state index in [1.165, 1.54) is 0 Å². The summed E-state index contributed by atoms with van der Waals surface area (Å²) in [4.78, 5) is 0. The van der Waals surface area contributed by atoms with Gasteiger partial charge >= 0.3 is 0 Å². The van der Waals surface area contributed by atoms with Crippen LogP contribution in [0.5, 0.6) is 0 Å². The molecular formula is C8H11ClO. The van der Waals surface area contributed by atoms with Crippen molar-refractivity contribution < 1.29 is 4.74 Å². The average molecular weight is 159 g/mol. The van der Waals surface area contributed by atoms with Gasteiger partial charge in [0.25, 0.3) is 0 Å². The molecule has 56 valence electrons. The zero-order valence-electron chi connectivity index (χ0n) is 6.17. The summed E-state index contributed by atoms with van der Waals surface area (Å²) in [5.41, 5.74) is 0. The van der Waals surface area contributed by atoms with Crippen LogP contribution in [-0.2, 0) is 4.74 Å². The van der Waals surface area contributed by atoms with Gasteiger partial charge in [0.1, 0.15) is 0 Å². The standard InChI is InChI=1S/C6H5Cl.C2H6O/c7-6-4-2-1-3-5-6;1-3-2/h1-5H;1-2H3. The minimum atomic E-state index is 0.794. The molecule has 0 spiro atoms. The molecule has 0 saturated carbocycles. The minimum absolute atomic E-state index is 0.794. The van der Waals surface area contributed by atoms with Crippen LogP contribution in [0.25, 0.3) is 0 Å². The molecule has 1 rings (SSSR count). The van der Waals surface area contributed by atoms with Gasteiger partial charge in [-0.1, -0.05) is 29.8 Å². The lowest BCUT2D eigenvalue weighted by molar-refractivity contribution is 0.277. The van der Waals surface area contributed by atoms with Gasteiger partial charge < -0.3 is 4.74 Å². The van der Waals surface area contributed by atoms with E-state index >= 15 is 0 Å². The van der Waals surface area contributed by atoms with Gasteiger partial charge in [0.2, 0.25) is 0 Å². The molecule has 0 aliphatic carbocycles. The number of ether oxygens (including phenoxy) is 1. The monoisotopic (exact) mass is 158 g/mol.